The highest BCUT2D eigenvalue weighted by atomic mass is 19.1. The predicted molar refractivity (Wildman–Crippen MR) is 110 cm³/mol. The number of hydrogen-bond acceptors (Lipinski definition) is 1. The summed E-state index contributed by atoms with van der Waals surface area (Å²) in [5.41, 5.74) is 3.04. The molecule has 0 aromatic heterocycles. The van der Waals surface area contributed by atoms with Crippen molar-refractivity contribution in [1.82, 2.24) is 0 Å². The highest BCUT2D eigenvalue weighted by Gasteiger charge is 2.07. The number of hydrogen-bond donors (Lipinski definition) is 0. The number of nitriles is 1. The SMILES string of the molecule is CCCc1ccc(C#Cc2cc(F)c(C#Cc3ccc(C#N)cc3)cc2F)cc1. The van der Waals surface area contributed by atoms with Gasteiger partial charge in [0.1, 0.15) is 11.6 Å². The van der Waals surface area contributed by atoms with Crippen LogP contribution in [0.3, 0.4) is 0 Å². The summed E-state index contributed by atoms with van der Waals surface area (Å²) in [5.74, 6) is 9.71. The monoisotopic (exact) mass is 381 g/mol. The van der Waals surface area contributed by atoms with Crippen molar-refractivity contribution in [3.8, 4) is 29.8 Å². The zero-order valence-electron chi connectivity index (χ0n) is 15.9. The molecule has 0 aliphatic carbocycles. The van der Waals surface area contributed by atoms with E-state index in [1.807, 2.05) is 30.3 Å². The smallest absolute Gasteiger partial charge is 0.140 e. The molecule has 0 unspecified atom stereocenters. The molecular weight excluding hydrogens is 364 g/mol. The maximum absolute atomic E-state index is 14.3. The van der Waals surface area contributed by atoms with E-state index in [2.05, 4.69) is 30.6 Å². The quantitative estimate of drug-likeness (QED) is 0.531. The number of halogens is 2. The van der Waals surface area contributed by atoms with Crippen molar-refractivity contribution in [2.45, 2.75) is 19.8 Å². The highest BCUT2D eigenvalue weighted by molar-refractivity contribution is 5.50. The lowest BCUT2D eigenvalue weighted by Gasteiger charge is -1.99. The fourth-order valence-corrected chi connectivity index (χ4v) is 2.69. The summed E-state index contributed by atoms with van der Waals surface area (Å²) < 4.78 is 28.7. The van der Waals surface area contributed by atoms with Crippen molar-refractivity contribution in [3.63, 3.8) is 0 Å². The van der Waals surface area contributed by atoms with Gasteiger partial charge in [-0.3, -0.25) is 0 Å². The van der Waals surface area contributed by atoms with E-state index in [1.165, 1.54) is 5.56 Å². The van der Waals surface area contributed by atoms with Crippen LogP contribution >= 0.6 is 0 Å². The van der Waals surface area contributed by atoms with E-state index in [1.54, 1.807) is 24.3 Å². The average molecular weight is 381 g/mol. The van der Waals surface area contributed by atoms with Crippen LogP contribution in [0.25, 0.3) is 0 Å². The summed E-state index contributed by atoms with van der Waals surface area (Å²) in [6.45, 7) is 2.11. The van der Waals surface area contributed by atoms with Gasteiger partial charge in [-0.2, -0.15) is 5.26 Å². The van der Waals surface area contributed by atoms with Gasteiger partial charge >= 0.3 is 0 Å². The third kappa shape index (κ3) is 5.32. The first-order chi connectivity index (χ1) is 14.1. The molecule has 0 saturated heterocycles. The summed E-state index contributed by atoms with van der Waals surface area (Å²) in [4.78, 5) is 0. The molecule has 0 atom stereocenters. The lowest BCUT2D eigenvalue weighted by Crippen LogP contribution is -1.92. The number of benzene rings is 3. The molecule has 0 N–H and O–H groups in total. The van der Waals surface area contributed by atoms with Crippen molar-refractivity contribution < 1.29 is 8.78 Å². The largest absolute Gasteiger partial charge is 0.206 e. The molecule has 29 heavy (non-hydrogen) atoms. The molecule has 3 rings (SSSR count). The van der Waals surface area contributed by atoms with Crippen LogP contribution in [-0.2, 0) is 6.42 Å². The Hall–Kier alpha value is -3.87. The van der Waals surface area contributed by atoms with Crippen molar-refractivity contribution in [2.24, 2.45) is 0 Å². The van der Waals surface area contributed by atoms with Gasteiger partial charge in [0.15, 0.2) is 0 Å². The first-order valence-electron chi connectivity index (χ1n) is 9.21. The van der Waals surface area contributed by atoms with Gasteiger partial charge in [-0.15, -0.1) is 0 Å². The van der Waals surface area contributed by atoms with Crippen molar-refractivity contribution in [1.29, 1.82) is 5.26 Å². The van der Waals surface area contributed by atoms with E-state index >= 15 is 0 Å². The summed E-state index contributed by atoms with van der Waals surface area (Å²) in [7, 11) is 0. The molecule has 0 bridgehead atoms. The number of rotatable bonds is 2. The topological polar surface area (TPSA) is 23.8 Å². The Morgan fingerprint density at radius 1 is 0.690 bits per heavy atom. The Labute approximate surface area is 169 Å². The second kappa shape index (κ2) is 9.36. The minimum absolute atomic E-state index is 0.0101. The Balaban J connectivity index is 1.81. The molecule has 3 aromatic carbocycles. The summed E-state index contributed by atoms with van der Waals surface area (Å²) in [6.07, 6.45) is 2.06. The Morgan fingerprint density at radius 2 is 1.14 bits per heavy atom. The second-order valence-corrected chi connectivity index (χ2v) is 6.45. The average Bonchev–Trinajstić information content (AvgIpc) is 2.74. The predicted octanol–water partition coefficient (Wildman–Crippen LogP) is 5.59. The molecule has 3 heteroatoms. The molecule has 3 aromatic rings. The molecule has 0 aliphatic heterocycles. The molecule has 0 amide bonds. The van der Waals surface area contributed by atoms with Crippen LogP contribution < -0.4 is 0 Å². The maximum atomic E-state index is 14.3. The van der Waals surface area contributed by atoms with Gasteiger partial charge < -0.3 is 0 Å². The van der Waals surface area contributed by atoms with E-state index in [9.17, 15) is 8.78 Å². The molecule has 0 spiro atoms. The van der Waals surface area contributed by atoms with Gasteiger partial charge in [-0.1, -0.05) is 49.2 Å². The maximum Gasteiger partial charge on any atom is 0.140 e. The van der Waals surface area contributed by atoms with Gasteiger partial charge in [0.05, 0.1) is 22.8 Å². The van der Waals surface area contributed by atoms with Crippen molar-refractivity contribution in [3.05, 3.63) is 106 Å². The highest BCUT2D eigenvalue weighted by Crippen LogP contribution is 2.14. The fourth-order valence-electron chi connectivity index (χ4n) is 2.69. The van der Waals surface area contributed by atoms with Crippen LogP contribution in [0, 0.1) is 46.6 Å². The molecule has 0 radical (unpaired) electrons. The van der Waals surface area contributed by atoms with E-state index in [0.29, 0.717) is 11.1 Å². The lowest BCUT2D eigenvalue weighted by molar-refractivity contribution is 0.594. The van der Waals surface area contributed by atoms with E-state index in [0.717, 1.165) is 30.5 Å². The summed E-state index contributed by atoms with van der Waals surface area (Å²) in [6, 6.07) is 18.4. The van der Waals surface area contributed by atoms with Crippen LogP contribution in [0.5, 0.6) is 0 Å². The standard InChI is InChI=1S/C26H17F2N/c1-2-3-19-4-6-20(7-5-19)12-14-23-16-26(28)24(17-25(23)27)15-13-21-8-10-22(18-29)11-9-21/h4-11,16-17H,2-3H2,1H3. The zero-order valence-corrected chi connectivity index (χ0v) is 15.9. The number of nitrogens with zero attached hydrogens (tertiary/aromatic N) is 1. The Kier molecular flexibility index (Phi) is 6.42. The van der Waals surface area contributed by atoms with Gasteiger partial charge in [-0.05, 0) is 60.5 Å². The lowest BCUT2D eigenvalue weighted by atomic mass is 10.1. The van der Waals surface area contributed by atoms with Gasteiger partial charge in [0, 0.05) is 11.1 Å². The van der Waals surface area contributed by atoms with Crippen LogP contribution in [0.1, 0.15) is 46.7 Å². The molecule has 0 heterocycles. The van der Waals surface area contributed by atoms with E-state index < -0.39 is 11.6 Å². The molecular formula is C26H17F2N. The first-order valence-corrected chi connectivity index (χ1v) is 9.21. The second-order valence-electron chi connectivity index (χ2n) is 6.45. The first kappa shape index (κ1) is 19.9. The minimum Gasteiger partial charge on any atom is -0.206 e. The zero-order chi connectivity index (χ0) is 20.6. The fraction of sp³-hybridized carbons (Fsp3) is 0.115. The van der Waals surface area contributed by atoms with Gasteiger partial charge in [0.25, 0.3) is 0 Å². The summed E-state index contributed by atoms with van der Waals surface area (Å²) >= 11 is 0. The molecule has 1 nitrogen and oxygen atoms in total. The normalized spacial score (nSPS) is 9.59. The van der Waals surface area contributed by atoms with Crippen LogP contribution in [0.4, 0.5) is 8.78 Å². The van der Waals surface area contributed by atoms with Crippen LogP contribution in [-0.4, -0.2) is 0 Å². The van der Waals surface area contributed by atoms with Crippen molar-refractivity contribution in [2.75, 3.05) is 0 Å². The van der Waals surface area contributed by atoms with Gasteiger partial charge in [-0.25, -0.2) is 8.78 Å². The molecule has 0 fully saturated rings. The number of aryl methyl sites for hydroxylation is 1. The molecule has 0 aliphatic rings. The third-order valence-corrected chi connectivity index (χ3v) is 4.25. The minimum atomic E-state index is -0.630. The van der Waals surface area contributed by atoms with E-state index in [-0.39, 0.29) is 11.1 Å². The van der Waals surface area contributed by atoms with Crippen molar-refractivity contribution >= 4 is 0 Å². The van der Waals surface area contributed by atoms with Crippen LogP contribution in [0.2, 0.25) is 0 Å². The Bertz CT molecular complexity index is 1180. The third-order valence-electron chi connectivity index (χ3n) is 4.25. The molecule has 140 valence electrons. The summed E-state index contributed by atoms with van der Waals surface area (Å²) in [5, 5.41) is 8.79. The molecule has 0 saturated carbocycles. The van der Waals surface area contributed by atoms with Crippen LogP contribution in [0.15, 0.2) is 60.7 Å². The Morgan fingerprint density at radius 3 is 1.59 bits per heavy atom. The van der Waals surface area contributed by atoms with E-state index in [4.69, 9.17) is 5.26 Å². The van der Waals surface area contributed by atoms with Gasteiger partial charge in [0.2, 0.25) is 0 Å².